The SMILES string of the molecule is C[C@@H]1CC[C@@H](C(C)(C)N2CC[C@H]3C[C@@H]4C=C[C@@]3(C2)O4)[C@H](O)C1. The van der Waals surface area contributed by atoms with Crippen molar-refractivity contribution in [1.82, 2.24) is 4.90 Å². The summed E-state index contributed by atoms with van der Waals surface area (Å²) >= 11 is 0. The minimum absolute atomic E-state index is 0.0207. The molecule has 124 valence electrons. The predicted molar refractivity (Wildman–Crippen MR) is 87.6 cm³/mol. The fraction of sp³-hybridized carbons (Fsp3) is 0.895. The number of fused-ring (bicyclic) bond motifs is 1. The average molecular weight is 305 g/mol. The molecule has 3 aliphatic heterocycles. The summed E-state index contributed by atoms with van der Waals surface area (Å²) in [6, 6.07) is 0. The lowest BCUT2D eigenvalue weighted by Gasteiger charge is -2.53. The first-order valence-corrected chi connectivity index (χ1v) is 9.21. The van der Waals surface area contributed by atoms with Gasteiger partial charge in [0.2, 0.25) is 0 Å². The highest BCUT2D eigenvalue weighted by molar-refractivity contribution is 5.23. The van der Waals surface area contributed by atoms with Crippen molar-refractivity contribution in [3.05, 3.63) is 12.2 Å². The molecule has 0 aromatic heterocycles. The molecule has 3 heteroatoms. The number of aliphatic hydroxyl groups excluding tert-OH is 1. The number of ether oxygens (including phenoxy) is 1. The third-order valence-electron chi connectivity index (χ3n) is 7.16. The molecular formula is C19H31NO2. The molecule has 2 bridgehead atoms. The Bertz CT molecular complexity index is 474. The van der Waals surface area contributed by atoms with Crippen molar-refractivity contribution in [3.63, 3.8) is 0 Å². The van der Waals surface area contributed by atoms with Gasteiger partial charge in [-0.3, -0.25) is 4.90 Å². The largest absolute Gasteiger partial charge is 0.393 e. The van der Waals surface area contributed by atoms with Crippen LogP contribution in [0.15, 0.2) is 12.2 Å². The van der Waals surface area contributed by atoms with E-state index in [1.54, 1.807) is 0 Å². The van der Waals surface area contributed by atoms with Crippen LogP contribution in [0.3, 0.4) is 0 Å². The van der Waals surface area contributed by atoms with Gasteiger partial charge in [-0.15, -0.1) is 0 Å². The van der Waals surface area contributed by atoms with Crippen LogP contribution in [0.5, 0.6) is 0 Å². The molecule has 1 N–H and O–H groups in total. The van der Waals surface area contributed by atoms with Crippen molar-refractivity contribution >= 4 is 0 Å². The highest BCUT2D eigenvalue weighted by atomic mass is 16.5. The minimum atomic E-state index is -0.148. The molecule has 22 heavy (non-hydrogen) atoms. The number of nitrogens with zero attached hydrogens (tertiary/aromatic N) is 1. The maximum absolute atomic E-state index is 10.7. The van der Waals surface area contributed by atoms with Gasteiger partial charge >= 0.3 is 0 Å². The molecule has 1 spiro atoms. The van der Waals surface area contributed by atoms with Gasteiger partial charge in [-0.05, 0) is 57.9 Å². The van der Waals surface area contributed by atoms with E-state index in [9.17, 15) is 5.11 Å². The summed E-state index contributed by atoms with van der Waals surface area (Å²) in [6.45, 7) is 9.13. The van der Waals surface area contributed by atoms with Gasteiger partial charge in [0.25, 0.3) is 0 Å². The number of aliphatic hydroxyl groups is 1. The number of rotatable bonds is 2. The third kappa shape index (κ3) is 2.20. The molecule has 1 aliphatic carbocycles. The standard InChI is InChI=1S/C19H31NO2/c1-13-4-5-16(17(21)10-13)18(2,3)20-9-7-14-11-15-6-8-19(14,12-20)22-15/h6,8,13-17,21H,4-5,7,9-12H2,1-3H3/t13-,14+,15+,16-,17-,19+/m1/s1. The molecule has 6 atom stereocenters. The van der Waals surface area contributed by atoms with Crippen LogP contribution in [0.4, 0.5) is 0 Å². The summed E-state index contributed by atoms with van der Waals surface area (Å²) in [5, 5.41) is 10.7. The minimum Gasteiger partial charge on any atom is -0.393 e. The predicted octanol–water partition coefficient (Wildman–Crippen LogP) is 2.98. The fourth-order valence-corrected chi connectivity index (χ4v) is 5.64. The van der Waals surface area contributed by atoms with E-state index >= 15 is 0 Å². The molecule has 0 unspecified atom stereocenters. The van der Waals surface area contributed by atoms with Crippen LogP contribution in [0.1, 0.15) is 52.9 Å². The molecule has 3 fully saturated rings. The first kappa shape index (κ1) is 15.2. The van der Waals surface area contributed by atoms with Crippen molar-refractivity contribution in [2.24, 2.45) is 17.8 Å². The molecule has 0 aromatic carbocycles. The summed E-state index contributed by atoms with van der Waals surface area (Å²) < 4.78 is 6.31. The Morgan fingerprint density at radius 3 is 2.77 bits per heavy atom. The monoisotopic (exact) mass is 305 g/mol. The maximum Gasteiger partial charge on any atom is 0.103 e. The van der Waals surface area contributed by atoms with Crippen molar-refractivity contribution < 1.29 is 9.84 Å². The van der Waals surface area contributed by atoms with Gasteiger partial charge < -0.3 is 9.84 Å². The Kier molecular flexibility index (Phi) is 3.49. The second-order valence-electron chi connectivity index (χ2n) is 8.86. The van der Waals surface area contributed by atoms with E-state index < -0.39 is 0 Å². The maximum atomic E-state index is 10.7. The molecule has 0 amide bonds. The Labute approximate surface area is 134 Å². The quantitative estimate of drug-likeness (QED) is 0.796. The van der Waals surface area contributed by atoms with Crippen LogP contribution in [0, 0.1) is 17.8 Å². The van der Waals surface area contributed by atoms with Crippen LogP contribution in [-0.4, -0.2) is 46.4 Å². The van der Waals surface area contributed by atoms with Crippen LogP contribution >= 0.6 is 0 Å². The van der Waals surface area contributed by atoms with Crippen molar-refractivity contribution in [1.29, 1.82) is 0 Å². The van der Waals surface area contributed by atoms with E-state index in [1.165, 1.54) is 19.3 Å². The Morgan fingerprint density at radius 1 is 1.23 bits per heavy atom. The van der Waals surface area contributed by atoms with Crippen LogP contribution < -0.4 is 0 Å². The molecule has 3 heterocycles. The van der Waals surface area contributed by atoms with E-state index in [1.807, 2.05) is 0 Å². The summed E-state index contributed by atoms with van der Waals surface area (Å²) in [6.07, 6.45) is 10.7. The highest BCUT2D eigenvalue weighted by Crippen LogP contribution is 2.50. The fourth-order valence-electron chi connectivity index (χ4n) is 5.64. The second kappa shape index (κ2) is 5.06. The summed E-state index contributed by atoms with van der Waals surface area (Å²) in [5.41, 5.74) is 0.0320. The van der Waals surface area contributed by atoms with E-state index in [4.69, 9.17) is 4.74 Å². The topological polar surface area (TPSA) is 32.7 Å². The molecule has 4 rings (SSSR count). The van der Waals surface area contributed by atoms with E-state index in [0.29, 0.717) is 23.9 Å². The van der Waals surface area contributed by atoms with Crippen LogP contribution in [-0.2, 0) is 4.74 Å². The smallest absolute Gasteiger partial charge is 0.103 e. The molecule has 3 nitrogen and oxygen atoms in total. The lowest BCUT2D eigenvalue weighted by molar-refractivity contribution is -0.101. The van der Waals surface area contributed by atoms with Gasteiger partial charge in [-0.25, -0.2) is 0 Å². The summed E-state index contributed by atoms with van der Waals surface area (Å²) in [7, 11) is 0. The number of piperidine rings is 1. The highest BCUT2D eigenvalue weighted by Gasteiger charge is 2.55. The van der Waals surface area contributed by atoms with Crippen molar-refractivity contribution in [2.45, 2.75) is 76.2 Å². The molecule has 1 saturated carbocycles. The third-order valence-corrected chi connectivity index (χ3v) is 7.16. The van der Waals surface area contributed by atoms with Gasteiger partial charge in [0.15, 0.2) is 0 Å². The summed E-state index contributed by atoms with van der Waals surface area (Å²) in [4.78, 5) is 2.62. The Morgan fingerprint density at radius 2 is 2.05 bits per heavy atom. The zero-order valence-corrected chi connectivity index (χ0v) is 14.3. The first-order chi connectivity index (χ1) is 10.4. The van der Waals surface area contributed by atoms with Crippen LogP contribution in [0.2, 0.25) is 0 Å². The lowest BCUT2D eigenvalue weighted by atomic mass is 9.69. The molecule has 0 aromatic rings. The van der Waals surface area contributed by atoms with Gasteiger partial charge in [0, 0.05) is 18.0 Å². The van der Waals surface area contributed by atoms with Crippen molar-refractivity contribution in [2.75, 3.05) is 13.1 Å². The lowest BCUT2D eigenvalue weighted by Crippen LogP contribution is -2.61. The van der Waals surface area contributed by atoms with Crippen molar-refractivity contribution in [3.8, 4) is 0 Å². The first-order valence-electron chi connectivity index (χ1n) is 9.21. The van der Waals surface area contributed by atoms with Gasteiger partial charge in [-0.2, -0.15) is 0 Å². The molecule has 2 saturated heterocycles. The van der Waals surface area contributed by atoms with Gasteiger partial charge in [0.1, 0.15) is 5.60 Å². The average Bonchev–Trinajstić information content (AvgIpc) is 3.02. The van der Waals surface area contributed by atoms with Crippen LogP contribution in [0.25, 0.3) is 0 Å². The zero-order chi connectivity index (χ0) is 15.5. The summed E-state index contributed by atoms with van der Waals surface area (Å²) in [5.74, 6) is 1.77. The Hall–Kier alpha value is -0.380. The molecule has 0 radical (unpaired) electrons. The van der Waals surface area contributed by atoms with E-state index in [2.05, 4.69) is 37.8 Å². The molecular weight excluding hydrogens is 274 g/mol. The number of hydrogen-bond acceptors (Lipinski definition) is 3. The van der Waals surface area contributed by atoms with Gasteiger partial charge in [-0.1, -0.05) is 25.5 Å². The second-order valence-corrected chi connectivity index (χ2v) is 8.86. The molecule has 4 aliphatic rings. The Balaban J connectivity index is 1.52. The van der Waals surface area contributed by atoms with E-state index in [0.717, 1.165) is 25.9 Å². The number of hydrogen-bond donors (Lipinski definition) is 1. The number of likely N-dealkylation sites (tertiary alicyclic amines) is 1. The zero-order valence-electron chi connectivity index (χ0n) is 14.3. The van der Waals surface area contributed by atoms with E-state index in [-0.39, 0.29) is 17.2 Å². The normalized spacial score (nSPS) is 48.6. The van der Waals surface area contributed by atoms with Gasteiger partial charge in [0.05, 0.1) is 12.2 Å².